The third kappa shape index (κ3) is 2.02. The van der Waals surface area contributed by atoms with Crippen LogP contribution < -0.4 is 5.32 Å². The van der Waals surface area contributed by atoms with Crippen molar-refractivity contribution in [2.24, 2.45) is 0 Å². The molecule has 14 heavy (non-hydrogen) atoms. The van der Waals surface area contributed by atoms with Gasteiger partial charge in [0.2, 0.25) is 0 Å². The van der Waals surface area contributed by atoms with E-state index in [9.17, 15) is 4.79 Å². The summed E-state index contributed by atoms with van der Waals surface area (Å²) in [5.74, 6) is -0.800. The maximum atomic E-state index is 10.6. The number of rotatable bonds is 3. The first-order valence-electron chi connectivity index (χ1n) is 4.44. The summed E-state index contributed by atoms with van der Waals surface area (Å²) in [6, 6.07) is 3.59. The lowest BCUT2D eigenvalue weighted by atomic mass is 10.1. The first kappa shape index (κ1) is 9.43. The summed E-state index contributed by atoms with van der Waals surface area (Å²) in [4.78, 5) is 11.9. The van der Waals surface area contributed by atoms with Crippen molar-refractivity contribution < 1.29 is 9.90 Å². The van der Waals surface area contributed by atoms with Gasteiger partial charge in [0.25, 0.3) is 0 Å². The standard InChI is InChI=1S/C10H11NO2S/c12-10(13)9-5-7(6-11-9)4-8-2-1-3-14-8/h1-3,5,9,11H,4,6H2,(H,12,13)/t9-/m0/s1. The monoisotopic (exact) mass is 209 g/mol. The minimum absolute atomic E-state index is 0.495. The molecule has 0 bridgehead atoms. The van der Waals surface area contributed by atoms with Gasteiger partial charge in [-0.05, 0) is 11.4 Å². The molecule has 0 aliphatic carbocycles. The predicted molar refractivity (Wildman–Crippen MR) is 55.5 cm³/mol. The van der Waals surface area contributed by atoms with Gasteiger partial charge in [-0.2, -0.15) is 0 Å². The van der Waals surface area contributed by atoms with Crippen LogP contribution in [0.15, 0.2) is 29.2 Å². The highest BCUT2D eigenvalue weighted by atomic mass is 32.1. The third-order valence-electron chi connectivity index (χ3n) is 2.20. The maximum Gasteiger partial charge on any atom is 0.324 e. The van der Waals surface area contributed by atoms with Crippen molar-refractivity contribution in [1.29, 1.82) is 0 Å². The van der Waals surface area contributed by atoms with Crippen LogP contribution in [0.5, 0.6) is 0 Å². The molecule has 0 radical (unpaired) electrons. The summed E-state index contributed by atoms with van der Waals surface area (Å²) in [6.07, 6.45) is 2.68. The molecular formula is C10H11NO2S. The average molecular weight is 209 g/mol. The Morgan fingerprint density at radius 3 is 3.14 bits per heavy atom. The van der Waals surface area contributed by atoms with Crippen molar-refractivity contribution in [3.63, 3.8) is 0 Å². The van der Waals surface area contributed by atoms with E-state index in [-0.39, 0.29) is 0 Å². The van der Waals surface area contributed by atoms with E-state index >= 15 is 0 Å². The minimum atomic E-state index is -0.800. The highest BCUT2D eigenvalue weighted by Crippen LogP contribution is 2.16. The molecule has 0 fully saturated rings. The van der Waals surface area contributed by atoms with Crippen molar-refractivity contribution in [1.82, 2.24) is 5.32 Å². The highest BCUT2D eigenvalue weighted by molar-refractivity contribution is 7.09. The maximum absolute atomic E-state index is 10.6. The molecule has 0 saturated carbocycles. The zero-order chi connectivity index (χ0) is 9.97. The van der Waals surface area contributed by atoms with Crippen molar-refractivity contribution in [3.8, 4) is 0 Å². The van der Waals surface area contributed by atoms with E-state index in [0.717, 1.165) is 6.42 Å². The van der Waals surface area contributed by atoms with Crippen LogP contribution in [0.1, 0.15) is 4.88 Å². The number of carboxylic acids is 1. The lowest BCUT2D eigenvalue weighted by Crippen LogP contribution is -2.30. The van der Waals surface area contributed by atoms with Gasteiger partial charge in [0.05, 0.1) is 0 Å². The number of aliphatic carboxylic acids is 1. The van der Waals surface area contributed by atoms with Gasteiger partial charge in [0.15, 0.2) is 0 Å². The van der Waals surface area contributed by atoms with Crippen LogP contribution >= 0.6 is 11.3 Å². The van der Waals surface area contributed by atoms with E-state index in [0.29, 0.717) is 6.54 Å². The van der Waals surface area contributed by atoms with E-state index < -0.39 is 12.0 Å². The molecule has 0 amide bonds. The number of thiophene rings is 1. The molecule has 0 aromatic carbocycles. The van der Waals surface area contributed by atoms with Gasteiger partial charge in [0, 0.05) is 17.8 Å². The van der Waals surface area contributed by atoms with Gasteiger partial charge in [-0.3, -0.25) is 10.1 Å². The van der Waals surface area contributed by atoms with Crippen molar-refractivity contribution >= 4 is 17.3 Å². The van der Waals surface area contributed by atoms with Gasteiger partial charge in [-0.1, -0.05) is 17.7 Å². The topological polar surface area (TPSA) is 49.3 Å². The lowest BCUT2D eigenvalue weighted by molar-refractivity contribution is -0.137. The summed E-state index contributed by atoms with van der Waals surface area (Å²) in [5.41, 5.74) is 1.17. The van der Waals surface area contributed by atoms with Crippen molar-refractivity contribution in [3.05, 3.63) is 34.0 Å². The molecule has 1 aromatic heterocycles. The molecule has 0 spiro atoms. The number of carboxylic acid groups (broad SMARTS) is 1. The molecule has 2 N–H and O–H groups in total. The molecule has 74 valence electrons. The fraction of sp³-hybridized carbons (Fsp3) is 0.300. The Morgan fingerprint density at radius 2 is 2.57 bits per heavy atom. The first-order chi connectivity index (χ1) is 6.75. The summed E-state index contributed by atoms with van der Waals surface area (Å²) in [5, 5.41) is 13.7. The van der Waals surface area contributed by atoms with Crippen LogP contribution in [-0.4, -0.2) is 23.7 Å². The average Bonchev–Trinajstić information content (AvgIpc) is 2.75. The molecule has 1 aliphatic rings. The molecule has 0 saturated heterocycles. The van der Waals surface area contributed by atoms with Crippen LogP contribution in [0.4, 0.5) is 0 Å². The Hall–Kier alpha value is -1.13. The zero-order valence-electron chi connectivity index (χ0n) is 7.56. The molecule has 1 atom stereocenters. The summed E-state index contributed by atoms with van der Waals surface area (Å²) >= 11 is 1.70. The molecule has 2 rings (SSSR count). The minimum Gasteiger partial charge on any atom is -0.480 e. The summed E-state index contributed by atoms with van der Waals surface area (Å²) < 4.78 is 0. The van der Waals surface area contributed by atoms with Gasteiger partial charge >= 0.3 is 5.97 Å². The van der Waals surface area contributed by atoms with E-state index in [1.165, 1.54) is 10.5 Å². The van der Waals surface area contributed by atoms with Gasteiger partial charge < -0.3 is 5.11 Å². The molecule has 2 heterocycles. The molecular weight excluding hydrogens is 198 g/mol. The molecule has 1 aliphatic heterocycles. The second kappa shape index (κ2) is 3.94. The fourth-order valence-electron chi connectivity index (χ4n) is 1.51. The Labute approximate surface area is 86.1 Å². The lowest BCUT2D eigenvalue weighted by Gasteiger charge is -1.99. The number of hydrogen-bond donors (Lipinski definition) is 2. The van der Waals surface area contributed by atoms with Crippen LogP contribution in [-0.2, 0) is 11.2 Å². The predicted octanol–water partition coefficient (Wildman–Crippen LogP) is 1.27. The van der Waals surface area contributed by atoms with Crippen LogP contribution in [0.25, 0.3) is 0 Å². The largest absolute Gasteiger partial charge is 0.480 e. The van der Waals surface area contributed by atoms with E-state index in [2.05, 4.69) is 11.4 Å². The Morgan fingerprint density at radius 1 is 1.71 bits per heavy atom. The smallest absolute Gasteiger partial charge is 0.324 e. The number of hydrogen-bond acceptors (Lipinski definition) is 3. The van der Waals surface area contributed by atoms with Crippen LogP contribution in [0, 0.1) is 0 Å². The van der Waals surface area contributed by atoms with Gasteiger partial charge in [-0.25, -0.2) is 0 Å². The van der Waals surface area contributed by atoms with Crippen LogP contribution in [0.2, 0.25) is 0 Å². The number of carbonyl (C=O) groups is 1. The van der Waals surface area contributed by atoms with Crippen LogP contribution in [0.3, 0.4) is 0 Å². The highest BCUT2D eigenvalue weighted by Gasteiger charge is 2.20. The zero-order valence-corrected chi connectivity index (χ0v) is 8.38. The SMILES string of the molecule is O=C(O)[C@@H]1C=C(Cc2cccs2)CN1. The molecule has 1 aromatic rings. The quantitative estimate of drug-likeness (QED) is 0.737. The summed E-state index contributed by atoms with van der Waals surface area (Å²) in [7, 11) is 0. The summed E-state index contributed by atoms with van der Waals surface area (Å²) in [6.45, 7) is 0.689. The normalized spacial score (nSPS) is 20.9. The molecule has 4 heteroatoms. The van der Waals surface area contributed by atoms with Gasteiger partial charge in [-0.15, -0.1) is 11.3 Å². The van der Waals surface area contributed by atoms with Crippen molar-refractivity contribution in [2.75, 3.05) is 6.54 Å². The Balaban J connectivity index is 2.01. The van der Waals surface area contributed by atoms with E-state index in [1.54, 1.807) is 11.3 Å². The fourth-order valence-corrected chi connectivity index (χ4v) is 2.27. The second-order valence-electron chi connectivity index (χ2n) is 3.28. The van der Waals surface area contributed by atoms with Crippen molar-refractivity contribution in [2.45, 2.75) is 12.5 Å². The first-order valence-corrected chi connectivity index (χ1v) is 5.32. The third-order valence-corrected chi connectivity index (χ3v) is 3.08. The molecule has 3 nitrogen and oxygen atoms in total. The van der Waals surface area contributed by atoms with Gasteiger partial charge in [0.1, 0.15) is 6.04 Å². The number of nitrogens with one attached hydrogen (secondary N) is 1. The molecule has 0 unspecified atom stereocenters. The van der Waals surface area contributed by atoms with E-state index in [1.807, 2.05) is 17.5 Å². The second-order valence-corrected chi connectivity index (χ2v) is 4.31. The Kier molecular flexibility index (Phi) is 2.65. The Bertz CT molecular complexity index is 356. The van der Waals surface area contributed by atoms with E-state index in [4.69, 9.17) is 5.11 Å².